The van der Waals surface area contributed by atoms with E-state index >= 15 is 0 Å². The van der Waals surface area contributed by atoms with Crippen molar-refractivity contribution in [2.75, 3.05) is 13.2 Å². The van der Waals surface area contributed by atoms with Crippen LogP contribution < -0.4 is 4.74 Å². The van der Waals surface area contributed by atoms with Crippen LogP contribution in [-0.4, -0.2) is 18.9 Å². The second-order valence-corrected chi connectivity index (χ2v) is 5.89. The molecule has 2 nitrogen and oxygen atoms in total. The summed E-state index contributed by atoms with van der Waals surface area (Å²) >= 11 is 0. The molecule has 0 amide bonds. The van der Waals surface area contributed by atoms with Gasteiger partial charge in [-0.15, -0.1) is 0 Å². The van der Waals surface area contributed by atoms with Crippen LogP contribution in [0.3, 0.4) is 0 Å². The van der Waals surface area contributed by atoms with Crippen LogP contribution >= 0.6 is 0 Å². The first-order chi connectivity index (χ1) is 11.8. The second kappa shape index (κ2) is 7.91. The zero-order valence-corrected chi connectivity index (χ0v) is 14.0. The molecule has 3 rings (SSSR count). The van der Waals surface area contributed by atoms with Crippen LogP contribution in [0.1, 0.15) is 36.5 Å². The van der Waals surface area contributed by atoms with Gasteiger partial charge in [-0.25, -0.2) is 4.39 Å². The zero-order valence-electron chi connectivity index (χ0n) is 14.0. The number of allylic oxidation sites excluding steroid dienone is 1. The summed E-state index contributed by atoms with van der Waals surface area (Å²) in [5.74, 6) is 0.701. The van der Waals surface area contributed by atoms with Crippen LogP contribution in [0.2, 0.25) is 0 Å². The molecule has 0 radical (unpaired) electrons. The number of hydrogen-bond acceptors (Lipinski definition) is 2. The molecule has 1 aliphatic rings. The topological polar surface area (TPSA) is 21.6 Å². The Hall–Kier alpha value is -2.42. The van der Waals surface area contributed by atoms with Crippen LogP contribution in [0.4, 0.5) is 4.39 Å². The summed E-state index contributed by atoms with van der Waals surface area (Å²) in [5.41, 5.74) is 3.83. The van der Waals surface area contributed by atoms with Crippen molar-refractivity contribution in [2.24, 2.45) is 4.99 Å². The fraction of sp³-hybridized carbons (Fsp3) is 0.286. The Kier molecular flexibility index (Phi) is 5.42. The minimum atomic E-state index is -0.218. The maximum Gasteiger partial charge on any atom is 0.130 e. The number of halogens is 1. The van der Waals surface area contributed by atoms with Gasteiger partial charge in [0.05, 0.1) is 12.3 Å². The third kappa shape index (κ3) is 3.91. The van der Waals surface area contributed by atoms with Crippen molar-refractivity contribution in [1.82, 2.24) is 0 Å². The fourth-order valence-electron chi connectivity index (χ4n) is 2.75. The van der Waals surface area contributed by atoms with Gasteiger partial charge in [0.15, 0.2) is 0 Å². The highest BCUT2D eigenvalue weighted by atomic mass is 19.1. The van der Waals surface area contributed by atoms with Gasteiger partial charge in [0, 0.05) is 17.7 Å². The van der Waals surface area contributed by atoms with Gasteiger partial charge in [-0.05, 0) is 54.8 Å². The highest BCUT2D eigenvalue weighted by molar-refractivity contribution is 6.12. The number of rotatable bonds is 6. The highest BCUT2D eigenvalue weighted by Gasteiger charge is 2.13. The molecule has 0 aromatic heterocycles. The minimum absolute atomic E-state index is 0.218. The molecule has 3 heteroatoms. The Morgan fingerprint density at radius 1 is 1.17 bits per heavy atom. The van der Waals surface area contributed by atoms with Crippen LogP contribution in [0.5, 0.6) is 5.75 Å². The predicted octanol–water partition coefficient (Wildman–Crippen LogP) is 5.06. The molecular formula is C21H22FNO. The number of fused-ring (bicyclic) bond motifs is 1. The first-order valence-corrected chi connectivity index (χ1v) is 8.51. The van der Waals surface area contributed by atoms with E-state index in [4.69, 9.17) is 4.74 Å². The fourth-order valence-corrected chi connectivity index (χ4v) is 2.75. The molecule has 0 spiro atoms. The molecule has 0 aliphatic carbocycles. The normalized spacial score (nSPS) is 13.7. The Balaban J connectivity index is 1.78. The summed E-state index contributed by atoms with van der Waals surface area (Å²) in [6.45, 7) is 3.66. The van der Waals surface area contributed by atoms with E-state index in [9.17, 15) is 4.39 Å². The average Bonchev–Trinajstić information content (AvgIpc) is 2.61. The predicted molar refractivity (Wildman–Crippen MR) is 97.4 cm³/mol. The summed E-state index contributed by atoms with van der Waals surface area (Å²) in [7, 11) is 0. The summed E-state index contributed by atoms with van der Waals surface area (Å²) in [6, 6.07) is 12.9. The van der Waals surface area contributed by atoms with E-state index in [2.05, 4.69) is 24.0 Å². The highest BCUT2D eigenvalue weighted by Crippen LogP contribution is 2.23. The molecule has 0 unspecified atom stereocenters. The first kappa shape index (κ1) is 16.4. The lowest BCUT2D eigenvalue weighted by Crippen LogP contribution is -2.11. The van der Waals surface area contributed by atoms with E-state index in [1.54, 1.807) is 18.2 Å². The van der Waals surface area contributed by atoms with E-state index < -0.39 is 0 Å². The summed E-state index contributed by atoms with van der Waals surface area (Å²) in [4.78, 5) is 4.59. The molecule has 0 saturated heterocycles. The molecule has 2 aromatic rings. The van der Waals surface area contributed by atoms with Gasteiger partial charge >= 0.3 is 0 Å². The van der Waals surface area contributed by atoms with Crippen LogP contribution in [-0.2, 0) is 6.42 Å². The van der Waals surface area contributed by atoms with Gasteiger partial charge in [-0.1, -0.05) is 31.5 Å². The van der Waals surface area contributed by atoms with Gasteiger partial charge in [-0.2, -0.15) is 0 Å². The third-order valence-corrected chi connectivity index (χ3v) is 4.11. The molecule has 1 aliphatic heterocycles. The smallest absolute Gasteiger partial charge is 0.130 e. The summed E-state index contributed by atoms with van der Waals surface area (Å²) in [5, 5.41) is 0. The molecule has 0 bridgehead atoms. The van der Waals surface area contributed by atoms with Crippen molar-refractivity contribution in [2.45, 2.75) is 26.2 Å². The van der Waals surface area contributed by atoms with Gasteiger partial charge < -0.3 is 4.74 Å². The quantitative estimate of drug-likeness (QED) is 0.681. The third-order valence-electron chi connectivity index (χ3n) is 4.11. The van der Waals surface area contributed by atoms with Crippen molar-refractivity contribution in [3.05, 3.63) is 71.0 Å². The SMILES string of the molecule is CCCCOc1ccc2c(c1)CCN=C2C=Cc1ccccc1F. The van der Waals surface area contributed by atoms with Gasteiger partial charge in [-0.3, -0.25) is 4.99 Å². The molecule has 24 heavy (non-hydrogen) atoms. The molecule has 0 saturated carbocycles. The maximum atomic E-state index is 13.7. The number of aliphatic imine (C=N–C) groups is 1. The number of nitrogens with zero attached hydrogens (tertiary/aromatic N) is 1. The van der Waals surface area contributed by atoms with E-state index in [1.807, 2.05) is 18.2 Å². The molecule has 124 valence electrons. The van der Waals surface area contributed by atoms with Gasteiger partial charge in [0.1, 0.15) is 11.6 Å². The van der Waals surface area contributed by atoms with E-state index in [-0.39, 0.29) is 5.82 Å². The number of unbranched alkanes of at least 4 members (excludes halogenated alkanes) is 1. The van der Waals surface area contributed by atoms with Crippen molar-refractivity contribution >= 4 is 11.8 Å². The van der Waals surface area contributed by atoms with Crippen LogP contribution in [0.15, 0.2) is 53.5 Å². The Bertz CT molecular complexity index is 764. The zero-order chi connectivity index (χ0) is 16.8. The average molecular weight is 323 g/mol. The van der Waals surface area contributed by atoms with Crippen LogP contribution in [0, 0.1) is 5.82 Å². The molecule has 2 aromatic carbocycles. The number of benzene rings is 2. The molecule has 0 atom stereocenters. The van der Waals surface area contributed by atoms with E-state index in [0.717, 1.165) is 49.4 Å². The molecule has 1 heterocycles. The molecule has 0 fully saturated rings. The Morgan fingerprint density at radius 3 is 2.88 bits per heavy atom. The van der Waals surface area contributed by atoms with Gasteiger partial charge in [0.25, 0.3) is 0 Å². The molecular weight excluding hydrogens is 301 g/mol. The largest absolute Gasteiger partial charge is 0.494 e. The van der Waals surface area contributed by atoms with Crippen molar-refractivity contribution in [3.63, 3.8) is 0 Å². The van der Waals surface area contributed by atoms with Crippen molar-refractivity contribution in [1.29, 1.82) is 0 Å². The second-order valence-electron chi connectivity index (χ2n) is 5.89. The minimum Gasteiger partial charge on any atom is -0.494 e. The number of hydrogen-bond donors (Lipinski definition) is 0. The Labute approximate surface area is 142 Å². The number of ether oxygens (including phenoxy) is 1. The molecule has 0 N–H and O–H groups in total. The lowest BCUT2D eigenvalue weighted by molar-refractivity contribution is 0.309. The standard InChI is InChI=1S/C21H22FNO/c1-2-3-14-24-18-9-10-19-17(15-18)12-13-23-21(19)11-8-16-6-4-5-7-20(16)22/h4-11,15H,2-3,12-14H2,1H3. The van der Waals surface area contributed by atoms with E-state index in [1.165, 1.54) is 11.6 Å². The van der Waals surface area contributed by atoms with Crippen LogP contribution in [0.25, 0.3) is 6.08 Å². The van der Waals surface area contributed by atoms with Gasteiger partial charge in [0.2, 0.25) is 0 Å². The first-order valence-electron chi connectivity index (χ1n) is 8.51. The summed E-state index contributed by atoms with van der Waals surface area (Å²) < 4.78 is 19.5. The monoisotopic (exact) mass is 323 g/mol. The van der Waals surface area contributed by atoms with Crippen molar-refractivity contribution in [3.8, 4) is 5.75 Å². The lowest BCUT2D eigenvalue weighted by atomic mass is 9.96. The Morgan fingerprint density at radius 2 is 2.04 bits per heavy atom. The lowest BCUT2D eigenvalue weighted by Gasteiger charge is -2.16. The van der Waals surface area contributed by atoms with E-state index in [0.29, 0.717) is 5.56 Å². The van der Waals surface area contributed by atoms with Crippen molar-refractivity contribution < 1.29 is 9.13 Å². The maximum absolute atomic E-state index is 13.7. The summed E-state index contributed by atoms with van der Waals surface area (Å²) in [6.07, 6.45) is 6.79.